The molecule has 0 heterocycles. The highest BCUT2D eigenvalue weighted by Crippen LogP contribution is 2.51. The van der Waals surface area contributed by atoms with Gasteiger partial charge in [0.2, 0.25) is 0 Å². The molecular weight excluding hydrogens is 282 g/mol. The van der Waals surface area contributed by atoms with Crippen molar-refractivity contribution in [2.45, 2.75) is 26.7 Å². The van der Waals surface area contributed by atoms with Crippen LogP contribution < -0.4 is 5.32 Å². The fraction of sp³-hybridized carbons (Fsp3) is 0.500. The number of nitrogens with zero attached hydrogens (tertiary/aromatic N) is 1. The number of nitrogens with one attached hydrogen (secondary N) is 1. The zero-order valence-electron chi connectivity index (χ0n) is 11.8. The molecule has 0 saturated heterocycles. The van der Waals surface area contributed by atoms with E-state index in [-0.39, 0.29) is 5.41 Å². The highest BCUT2D eigenvalue weighted by Gasteiger charge is 2.45. The van der Waals surface area contributed by atoms with Crippen LogP contribution in [0.25, 0.3) is 0 Å². The van der Waals surface area contributed by atoms with Crippen molar-refractivity contribution >= 4 is 11.6 Å². The minimum atomic E-state index is -1.35. The van der Waals surface area contributed by atoms with E-state index >= 15 is 0 Å². The molecule has 0 unspecified atom stereocenters. The molecule has 0 spiro atoms. The van der Waals surface area contributed by atoms with E-state index in [2.05, 4.69) is 5.32 Å². The lowest BCUT2D eigenvalue weighted by atomic mass is 9.92. The van der Waals surface area contributed by atoms with Gasteiger partial charge < -0.3 is 5.32 Å². The number of halogens is 2. The molecule has 21 heavy (non-hydrogen) atoms. The second-order valence-corrected chi connectivity index (χ2v) is 5.74. The number of carbonyl (C=O) groups excluding carboxylic acids is 1. The lowest BCUT2D eigenvalue weighted by Crippen LogP contribution is -2.33. The molecular formula is C14H16F2N2O3. The molecule has 1 fully saturated rings. The first-order valence-corrected chi connectivity index (χ1v) is 6.68. The zero-order valence-corrected chi connectivity index (χ0v) is 11.8. The highest BCUT2D eigenvalue weighted by molar-refractivity contribution is 5.98. The van der Waals surface area contributed by atoms with Crippen LogP contribution >= 0.6 is 0 Å². The molecule has 1 N–H and O–H groups in total. The molecule has 0 atom stereocenters. The van der Waals surface area contributed by atoms with Crippen LogP contribution in [-0.4, -0.2) is 17.4 Å². The molecule has 5 nitrogen and oxygen atoms in total. The molecule has 1 aliphatic rings. The Hall–Kier alpha value is -2.05. The van der Waals surface area contributed by atoms with Crippen LogP contribution in [0.2, 0.25) is 0 Å². The van der Waals surface area contributed by atoms with Crippen LogP contribution in [0.15, 0.2) is 12.1 Å². The topological polar surface area (TPSA) is 72.2 Å². The van der Waals surface area contributed by atoms with Gasteiger partial charge in [-0.2, -0.15) is 0 Å². The van der Waals surface area contributed by atoms with E-state index < -0.39 is 33.7 Å². The van der Waals surface area contributed by atoms with E-state index in [0.29, 0.717) is 24.6 Å². The number of hydrogen-bond donors (Lipinski definition) is 1. The fourth-order valence-corrected chi connectivity index (χ4v) is 2.34. The number of nitro benzene ring substituents is 1. The third-order valence-corrected chi connectivity index (χ3v) is 4.20. The van der Waals surface area contributed by atoms with Gasteiger partial charge in [-0.1, -0.05) is 13.8 Å². The summed E-state index contributed by atoms with van der Waals surface area (Å²) in [4.78, 5) is 22.0. The van der Waals surface area contributed by atoms with Crippen LogP contribution in [-0.2, 0) is 0 Å². The van der Waals surface area contributed by atoms with Gasteiger partial charge in [0.25, 0.3) is 11.6 Å². The third kappa shape index (κ3) is 3.01. The van der Waals surface area contributed by atoms with E-state index in [0.717, 1.165) is 12.8 Å². The van der Waals surface area contributed by atoms with Crippen LogP contribution in [0.4, 0.5) is 14.5 Å². The molecule has 0 radical (unpaired) electrons. The smallest absolute Gasteiger partial charge is 0.285 e. The number of rotatable bonds is 5. The molecule has 1 aromatic rings. The second kappa shape index (κ2) is 5.38. The van der Waals surface area contributed by atoms with E-state index in [4.69, 9.17) is 0 Å². The van der Waals surface area contributed by atoms with Crippen molar-refractivity contribution in [3.05, 3.63) is 39.4 Å². The number of carbonyl (C=O) groups is 1. The maximum absolute atomic E-state index is 13.2. The average molecular weight is 298 g/mol. The van der Waals surface area contributed by atoms with E-state index in [1.54, 1.807) is 0 Å². The zero-order chi connectivity index (χ0) is 15.8. The van der Waals surface area contributed by atoms with Gasteiger partial charge in [0.1, 0.15) is 5.56 Å². The molecule has 114 valence electrons. The minimum Gasteiger partial charge on any atom is -0.351 e. The van der Waals surface area contributed by atoms with Gasteiger partial charge in [-0.25, -0.2) is 8.78 Å². The first-order chi connectivity index (χ1) is 9.77. The van der Waals surface area contributed by atoms with Crippen molar-refractivity contribution in [3.63, 3.8) is 0 Å². The van der Waals surface area contributed by atoms with E-state index in [1.807, 2.05) is 13.8 Å². The minimum absolute atomic E-state index is 0.0169. The summed E-state index contributed by atoms with van der Waals surface area (Å²) >= 11 is 0. The second-order valence-electron chi connectivity index (χ2n) is 5.74. The first kappa shape index (κ1) is 15.3. The molecule has 1 amide bonds. The summed E-state index contributed by atoms with van der Waals surface area (Å²) in [7, 11) is 0. The summed E-state index contributed by atoms with van der Waals surface area (Å²) < 4.78 is 26.3. The van der Waals surface area contributed by atoms with Crippen molar-refractivity contribution in [1.82, 2.24) is 5.32 Å². The van der Waals surface area contributed by atoms with Crippen LogP contribution in [0.3, 0.4) is 0 Å². The SMILES string of the molecule is CC(C)C1(CNC(=O)c2cc(F)c(F)cc2[N+](=O)[O-])CC1. The Balaban J connectivity index is 2.19. The van der Waals surface area contributed by atoms with Gasteiger partial charge in [0, 0.05) is 6.54 Å². The van der Waals surface area contributed by atoms with Gasteiger partial charge in [0.05, 0.1) is 11.0 Å². The van der Waals surface area contributed by atoms with Crippen molar-refractivity contribution < 1.29 is 18.5 Å². The Morgan fingerprint density at radius 1 is 1.38 bits per heavy atom. The van der Waals surface area contributed by atoms with Gasteiger partial charge in [-0.3, -0.25) is 14.9 Å². The van der Waals surface area contributed by atoms with E-state index in [1.165, 1.54) is 0 Å². The lowest BCUT2D eigenvalue weighted by Gasteiger charge is -2.19. The Morgan fingerprint density at radius 3 is 2.43 bits per heavy atom. The molecule has 2 rings (SSSR count). The Morgan fingerprint density at radius 2 is 1.95 bits per heavy atom. The normalized spacial score (nSPS) is 15.9. The maximum atomic E-state index is 13.2. The molecule has 0 aromatic heterocycles. The van der Waals surface area contributed by atoms with Gasteiger partial charge >= 0.3 is 0 Å². The van der Waals surface area contributed by atoms with Crippen molar-refractivity contribution in [2.75, 3.05) is 6.54 Å². The quantitative estimate of drug-likeness (QED) is 0.671. The van der Waals surface area contributed by atoms with Crippen LogP contribution in [0, 0.1) is 33.1 Å². The standard InChI is InChI=1S/C14H16F2N2O3/c1-8(2)14(3-4-14)7-17-13(19)9-5-10(15)11(16)6-12(9)18(20)21/h5-6,8H,3-4,7H2,1-2H3,(H,17,19). The summed E-state index contributed by atoms with van der Waals surface area (Å²) in [5, 5.41) is 13.4. The summed E-state index contributed by atoms with van der Waals surface area (Å²) in [6.45, 7) is 4.46. The number of benzene rings is 1. The highest BCUT2D eigenvalue weighted by atomic mass is 19.2. The Labute approximate surface area is 120 Å². The fourth-order valence-electron chi connectivity index (χ4n) is 2.34. The Bertz CT molecular complexity index is 598. The molecule has 0 bridgehead atoms. The van der Waals surface area contributed by atoms with Gasteiger partial charge in [-0.05, 0) is 30.2 Å². The molecule has 1 aromatic carbocycles. The van der Waals surface area contributed by atoms with Crippen LogP contribution in [0.5, 0.6) is 0 Å². The summed E-state index contributed by atoms with van der Waals surface area (Å²) in [5.41, 5.74) is -1.18. The van der Waals surface area contributed by atoms with Crippen molar-refractivity contribution in [3.8, 4) is 0 Å². The number of hydrogen-bond acceptors (Lipinski definition) is 3. The average Bonchev–Trinajstić information content (AvgIpc) is 3.19. The third-order valence-electron chi connectivity index (χ3n) is 4.20. The molecule has 7 heteroatoms. The van der Waals surface area contributed by atoms with Crippen LogP contribution in [0.1, 0.15) is 37.0 Å². The number of amides is 1. The summed E-state index contributed by atoms with van der Waals surface area (Å²) in [5.74, 6) is -3.01. The van der Waals surface area contributed by atoms with E-state index in [9.17, 15) is 23.7 Å². The predicted molar refractivity (Wildman–Crippen MR) is 71.9 cm³/mol. The Kier molecular flexibility index (Phi) is 3.93. The van der Waals surface area contributed by atoms with Crippen molar-refractivity contribution in [2.24, 2.45) is 11.3 Å². The molecule has 0 aliphatic heterocycles. The first-order valence-electron chi connectivity index (χ1n) is 6.68. The largest absolute Gasteiger partial charge is 0.351 e. The molecule has 1 saturated carbocycles. The van der Waals surface area contributed by atoms with Crippen molar-refractivity contribution in [1.29, 1.82) is 0 Å². The maximum Gasteiger partial charge on any atom is 0.285 e. The van der Waals surface area contributed by atoms with Gasteiger partial charge in [0.15, 0.2) is 11.6 Å². The number of nitro groups is 1. The molecule has 1 aliphatic carbocycles. The summed E-state index contributed by atoms with van der Waals surface area (Å²) in [6.07, 6.45) is 1.95. The van der Waals surface area contributed by atoms with Gasteiger partial charge in [-0.15, -0.1) is 0 Å². The summed E-state index contributed by atoms with van der Waals surface area (Å²) in [6, 6.07) is 0.997. The monoisotopic (exact) mass is 298 g/mol. The lowest BCUT2D eigenvalue weighted by molar-refractivity contribution is -0.385. The predicted octanol–water partition coefficient (Wildman–Crippen LogP) is 3.04.